The Morgan fingerprint density at radius 3 is 2.48 bits per heavy atom. The molecule has 0 saturated heterocycles. The number of carbonyl (C=O) groups is 1. The van der Waals surface area contributed by atoms with E-state index in [1.165, 1.54) is 37.4 Å². The molecule has 122 valence electrons. The maximum absolute atomic E-state index is 12.4. The van der Waals surface area contributed by atoms with Crippen molar-refractivity contribution < 1.29 is 17.9 Å². The van der Waals surface area contributed by atoms with E-state index in [-0.39, 0.29) is 21.2 Å². The summed E-state index contributed by atoms with van der Waals surface area (Å²) >= 11 is 5.97. The van der Waals surface area contributed by atoms with E-state index in [9.17, 15) is 13.2 Å². The lowest BCUT2D eigenvalue weighted by Gasteiger charge is -2.11. The highest BCUT2D eigenvalue weighted by atomic mass is 35.5. The summed E-state index contributed by atoms with van der Waals surface area (Å²) in [5.74, 6) is -0.256. The van der Waals surface area contributed by atoms with Gasteiger partial charge >= 0.3 is 0 Å². The van der Waals surface area contributed by atoms with Crippen LogP contribution in [0.25, 0.3) is 0 Å². The highest BCUT2D eigenvalue weighted by molar-refractivity contribution is 7.92. The molecule has 0 aliphatic heterocycles. The Morgan fingerprint density at radius 2 is 1.91 bits per heavy atom. The molecule has 0 atom stereocenters. The number of rotatable bonds is 5. The molecule has 6 nitrogen and oxygen atoms in total. The standard InChI is InChI=1S/C15H15ClN2O4S/c1-9-3-5-11(8-12(9)15(17)19)23(20,21)18-10-4-6-14(22-2)13(16)7-10/h3-8,18H,1-2H3,(H2,17,19). The van der Waals surface area contributed by atoms with Crippen LogP contribution in [-0.4, -0.2) is 21.4 Å². The lowest BCUT2D eigenvalue weighted by Crippen LogP contribution is -2.17. The van der Waals surface area contributed by atoms with Gasteiger partial charge in [-0.15, -0.1) is 0 Å². The van der Waals surface area contributed by atoms with E-state index in [1.807, 2.05) is 0 Å². The van der Waals surface area contributed by atoms with Gasteiger partial charge in [0.1, 0.15) is 5.75 Å². The van der Waals surface area contributed by atoms with Crippen molar-refractivity contribution in [3.05, 3.63) is 52.5 Å². The minimum atomic E-state index is -3.88. The lowest BCUT2D eigenvalue weighted by atomic mass is 10.1. The monoisotopic (exact) mass is 354 g/mol. The van der Waals surface area contributed by atoms with Crippen molar-refractivity contribution in [3.63, 3.8) is 0 Å². The Labute approximate surface area is 139 Å². The average Bonchev–Trinajstić information content (AvgIpc) is 2.47. The third kappa shape index (κ3) is 3.75. The molecule has 0 saturated carbocycles. The van der Waals surface area contributed by atoms with Gasteiger partial charge in [0.05, 0.1) is 22.7 Å². The van der Waals surface area contributed by atoms with Gasteiger partial charge in [0, 0.05) is 5.56 Å². The molecule has 2 rings (SSSR count). The van der Waals surface area contributed by atoms with Gasteiger partial charge in [-0.05, 0) is 42.8 Å². The fourth-order valence-electron chi connectivity index (χ4n) is 1.98. The summed E-state index contributed by atoms with van der Waals surface area (Å²) in [7, 11) is -2.42. The molecule has 23 heavy (non-hydrogen) atoms. The fraction of sp³-hybridized carbons (Fsp3) is 0.133. The van der Waals surface area contributed by atoms with E-state index in [2.05, 4.69) is 4.72 Å². The molecular formula is C15H15ClN2O4S. The van der Waals surface area contributed by atoms with Crippen molar-refractivity contribution in [2.75, 3.05) is 11.8 Å². The largest absolute Gasteiger partial charge is 0.495 e. The first kappa shape index (κ1) is 17.1. The molecule has 8 heteroatoms. The molecule has 0 radical (unpaired) electrons. The molecule has 3 N–H and O–H groups in total. The summed E-state index contributed by atoms with van der Waals surface area (Å²) < 4.78 is 32.2. The molecular weight excluding hydrogens is 340 g/mol. The van der Waals surface area contributed by atoms with Crippen LogP contribution in [0.15, 0.2) is 41.3 Å². The maximum Gasteiger partial charge on any atom is 0.261 e. The minimum absolute atomic E-state index is 0.0659. The van der Waals surface area contributed by atoms with Gasteiger partial charge in [-0.25, -0.2) is 8.42 Å². The van der Waals surface area contributed by atoms with Gasteiger partial charge in [0.15, 0.2) is 0 Å². The third-order valence-electron chi connectivity index (χ3n) is 3.19. The van der Waals surface area contributed by atoms with Crippen LogP contribution < -0.4 is 15.2 Å². The van der Waals surface area contributed by atoms with Crippen LogP contribution in [0.2, 0.25) is 5.02 Å². The summed E-state index contributed by atoms with van der Waals surface area (Å²) in [5, 5.41) is 0.273. The van der Waals surface area contributed by atoms with E-state index in [1.54, 1.807) is 13.0 Å². The number of aryl methyl sites for hydroxylation is 1. The number of nitrogens with two attached hydrogens (primary N) is 1. The van der Waals surface area contributed by atoms with Crippen molar-refractivity contribution in [3.8, 4) is 5.75 Å². The number of carbonyl (C=O) groups excluding carboxylic acids is 1. The van der Waals surface area contributed by atoms with E-state index in [0.717, 1.165) is 0 Å². The molecule has 2 aromatic carbocycles. The number of nitrogens with one attached hydrogen (secondary N) is 1. The number of ether oxygens (including phenoxy) is 1. The number of hydrogen-bond acceptors (Lipinski definition) is 4. The Bertz CT molecular complexity index is 866. The number of sulfonamides is 1. The number of primary amides is 1. The fourth-order valence-corrected chi connectivity index (χ4v) is 3.31. The number of methoxy groups -OCH3 is 1. The first-order valence-corrected chi connectivity index (χ1v) is 8.37. The van der Waals surface area contributed by atoms with Gasteiger partial charge in [-0.2, -0.15) is 0 Å². The van der Waals surface area contributed by atoms with Crippen molar-refractivity contribution in [1.82, 2.24) is 0 Å². The van der Waals surface area contributed by atoms with Crippen molar-refractivity contribution in [2.45, 2.75) is 11.8 Å². The summed E-state index contributed by atoms with van der Waals surface area (Å²) in [4.78, 5) is 11.3. The topological polar surface area (TPSA) is 98.5 Å². The number of hydrogen-bond donors (Lipinski definition) is 2. The second kappa shape index (κ2) is 6.47. The van der Waals surface area contributed by atoms with Crippen molar-refractivity contribution in [1.29, 1.82) is 0 Å². The number of amides is 1. The van der Waals surface area contributed by atoms with Crippen LogP contribution in [0.5, 0.6) is 5.75 Å². The van der Waals surface area contributed by atoms with Crippen LogP contribution in [-0.2, 0) is 10.0 Å². The molecule has 0 bridgehead atoms. The van der Waals surface area contributed by atoms with Crippen molar-refractivity contribution >= 4 is 33.2 Å². The number of anilines is 1. The second-order valence-electron chi connectivity index (χ2n) is 4.80. The van der Waals surface area contributed by atoms with Crippen LogP contribution in [0, 0.1) is 6.92 Å². The average molecular weight is 355 g/mol. The smallest absolute Gasteiger partial charge is 0.261 e. The first-order valence-electron chi connectivity index (χ1n) is 6.51. The summed E-state index contributed by atoms with van der Waals surface area (Å²) in [6.45, 7) is 1.67. The van der Waals surface area contributed by atoms with Crippen LogP contribution in [0.1, 0.15) is 15.9 Å². The molecule has 0 spiro atoms. The van der Waals surface area contributed by atoms with E-state index < -0.39 is 15.9 Å². The summed E-state index contributed by atoms with van der Waals surface area (Å²) in [6, 6.07) is 8.66. The molecule has 0 aromatic heterocycles. The van der Waals surface area contributed by atoms with E-state index in [4.69, 9.17) is 22.1 Å². The highest BCUT2D eigenvalue weighted by Crippen LogP contribution is 2.28. The van der Waals surface area contributed by atoms with Crippen LogP contribution in [0.4, 0.5) is 5.69 Å². The van der Waals surface area contributed by atoms with Crippen LogP contribution in [0.3, 0.4) is 0 Å². The van der Waals surface area contributed by atoms with E-state index in [0.29, 0.717) is 11.3 Å². The maximum atomic E-state index is 12.4. The molecule has 0 aliphatic rings. The Morgan fingerprint density at radius 1 is 1.22 bits per heavy atom. The predicted octanol–water partition coefficient (Wildman–Crippen LogP) is 2.56. The zero-order valence-corrected chi connectivity index (χ0v) is 14.0. The first-order chi connectivity index (χ1) is 10.7. The van der Waals surface area contributed by atoms with Gasteiger partial charge in [-0.1, -0.05) is 17.7 Å². The number of halogens is 1. The number of benzene rings is 2. The highest BCUT2D eigenvalue weighted by Gasteiger charge is 2.17. The molecule has 0 aliphatic carbocycles. The Kier molecular flexibility index (Phi) is 4.82. The Balaban J connectivity index is 2.37. The summed E-state index contributed by atoms with van der Waals surface area (Å²) in [6.07, 6.45) is 0. The zero-order chi connectivity index (χ0) is 17.2. The molecule has 1 amide bonds. The molecule has 0 heterocycles. The molecule has 0 fully saturated rings. The molecule has 0 unspecified atom stereocenters. The van der Waals surface area contributed by atoms with Crippen molar-refractivity contribution in [2.24, 2.45) is 5.73 Å². The van der Waals surface area contributed by atoms with E-state index >= 15 is 0 Å². The normalized spacial score (nSPS) is 11.1. The molecule has 2 aromatic rings. The second-order valence-corrected chi connectivity index (χ2v) is 6.89. The quantitative estimate of drug-likeness (QED) is 0.861. The zero-order valence-electron chi connectivity index (χ0n) is 12.5. The Hall–Kier alpha value is -2.25. The third-order valence-corrected chi connectivity index (χ3v) is 4.86. The van der Waals surface area contributed by atoms with Gasteiger partial charge in [-0.3, -0.25) is 9.52 Å². The predicted molar refractivity (Wildman–Crippen MR) is 88.5 cm³/mol. The SMILES string of the molecule is COc1ccc(NS(=O)(=O)c2ccc(C)c(C(N)=O)c2)cc1Cl. The van der Waals surface area contributed by atoms with Gasteiger partial charge in [0.25, 0.3) is 10.0 Å². The lowest BCUT2D eigenvalue weighted by molar-refractivity contribution is 0.0999. The minimum Gasteiger partial charge on any atom is -0.495 e. The van der Waals surface area contributed by atoms with Crippen LogP contribution >= 0.6 is 11.6 Å². The van der Waals surface area contributed by atoms with Gasteiger partial charge in [0.2, 0.25) is 5.91 Å². The van der Waals surface area contributed by atoms with Gasteiger partial charge < -0.3 is 10.5 Å². The summed E-state index contributed by atoms with van der Waals surface area (Å²) in [5.41, 5.74) is 6.27.